The first-order valence-corrected chi connectivity index (χ1v) is 9.88. The predicted octanol–water partition coefficient (Wildman–Crippen LogP) is 5.49. The molecule has 2 heteroatoms. The van der Waals surface area contributed by atoms with Gasteiger partial charge >= 0.3 is 0 Å². The second-order valence-corrected chi connectivity index (χ2v) is 9.02. The summed E-state index contributed by atoms with van der Waals surface area (Å²) < 4.78 is 0.454. The molecule has 0 aromatic carbocycles. The van der Waals surface area contributed by atoms with Gasteiger partial charge in [0, 0.05) is 17.3 Å². The molecule has 2 unspecified atom stereocenters. The van der Waals surface area contributed by atoms with Crippen molar-refractivity contribution in [2.24, 2.45) is 11.3 Å². The molecule has 0 spiro atoms. The molecule has 2 atom stereocenters. The van der Waals surface area contributed by atoms with Crippen molar-refractivity contribution in [1.82, 2.24) is 5.32 Å². The second kappa shape index (κ2) is 8.08. The summed E-state index contributed by atoms with van der Waals surface area (Å²) >= 11 is 2.05. The monoisotopic (exact) mass is 299 g/mol. The van der Waals surface area contributed by atoms with Crippen LogP contribution in [-0.4, -0.2) is 23.6 Å². The van der Waals surface area contributed by atoms with Crippen LogP contribution >= 0.6 is 11.8 Å². The molecule has 1 aliphatic rings. The summed E-state index contributed by atoms with van der Waals surface area (Å²) in [7, 11) is 0. The third-order valence-electron chi connectivity index (χ3n) is 5.63. The second-order valence-electron chi connectivity index (χ2n) is 7.74. The van der Waals surface area contributed by atoms with Crippen LogP contribution in [0.2, 0.25) is 0 Å². The highest BCUT2D eigenvalue weighted by Crippen LogP contribution is 2.37. The van der Waals surface area contributed by atoms with Crippen molar-refractivity contribution in [2.75, 3.05) is 12.8 Å². The Balaban J connectivity index is 2.46. The molecular formula is C18H37NS. The van der Waals surface area contributed by atoms with Gasteiger partial charge in [0.2, 0.25) is 0 Å². The van der Waals surface area contributed by atoms with Gasteiger partial charge in [-0.1, -0.05) is 41.0 Å². The Morgan fingerprint density at radius 2 is 1.65 bits per heavy atom. The molecule has 0 aromatic heterocycles. The van der Waals surface area contributed by atoms with Crippen LogP contribution in [0.3, 0.4) is 0 Å². The molecule has 1 N–H and O–H groups in total. The van der Waals surface area contributed by atoms with Gasteiger partial charge in [0.1, 0.15) is 0 Å². The summed E-state index contributed by atoms with van der Waals surface area (Å²) in [6, 6.07) is 0.756. The van der Waals surface area contributed by atoms with Gasteiger partial charge in [-0.2, -0.15) is 11.8 Å². The Kier molecular flexibility index (Phi) is 7.41. The average molecular weight is 300 g/mol. The summed E-state index contributed by atoms with van der Waals surface area (Å²) in [6.45, 7) is 13.1. The Morgan fingerprint density at radius 1 is 1.00 bits per heavy atom. The highest BCUT2D eigenvalue weighted by atomic mass is 32.2. The Labute approximate surface area is 132 Å². The molecule has 1 aliphatic carbocycles. The van der Waals surface area contributed by atoms with Crippen LogP contribution in [0, 0.1) is 11.3 Å². The third-order valence-corrected chi connectivity index (χ3v) is 7.22. The first kappa shape index (κ1) is 18.4. The third kappa shape index (κ3) is 5.26. The lowest BCUT2D eigenvalue weighted by Crippen LogP contribution is -2.41. The van der Waals surface area contributed by atoms with Gasteiger partial charge in [0.25, 0.3) is 0 Å². The Bertz CT molecular complexity index is 257. The van der Waals surface area contributed by atoms with Crippen LogP contribution in [0.5, 0.6) is 0 Å². The van der Waals surface area contributed by atoms with Crippen LogP contribution in [-0.2, 0) is 0 Å². The normalized spacial score (nSPS) is 25.5. The van der Waals surface area contributed by atoms with E-state index in [2.05, 4.69) is 58.0 Å². The minimum Gasteiger partial charge on any atom is -0.313 e. The largest absolute Gasteiger partial charge is 0.313 e. The summed E-state index contributed by atoms with van der Waals surface area (Å²) in [4.78, 5) is 0. The topological polar surface area (TPSA) is 12.0 Å². The van der Waals surface area contributed by atoms with E-state index in [-0.39, 0.29) is 0 Å². The van der Waals surface area contributed by atoms with E-state index in [1.807, 2.05) is 0 Å². The smallest absolute Gasteiger partial charge is 0.0276 e. The van der Waals surface area contributed by atoms with Gasteiger partial charge in [-0.3, -0.25) is 0 Å². The molecule has 1 fully saturated rings. The maximum Gasteiger partial charge on any atom is 0.0276 e. The van der Waals surface area contributed by atoms with Gasteiger partial charge < -0.3 is 5.32 Å². The lowest BCUT2D eigenvalue weighted by atomic mass is 9.76. The number of hydrogen-bond donors (Lipinski definition) is 1. The zero-order valence-corrected chi connectivity index (χ0v) is 15.5. The maximum absolute atomic E-state index is 3.91. The first-order chi connectivity index (χ1) is 9.37. The molecular weight excluding hydrogens is 262 g/mol. The average Bonchev–Trinajstić information content (AvgIpc) is 2.66. The molecule has 1 nitrogen and oxygen atoms in total. The van der Waals surface area contributed by atoms with Crippen LogP contribution in [0.15, 0.2) is 0 Å². The number of nitrogens with one attached hydrogen (secondary N) is 1. The fourth-order valence-electron chi connectivity index (χ4n) is 3.56. The summed E-state index contributed by atoms with van der Waals surface area (Å²) in [6.07, 6.45) is 11.8. The van der Waals surface area contributed by atoms with E-state index in [1.54, 1.807) is 0 Å². The number of rotatable bonds is 6. The van der Waals surface area contributed by atoms with Gasteiger partial charge in [0.05, 0.1) is 0 Å². The highest BCUT2D eigenvalue weighted by molar-refractivity contribution is 8.00. The number of hydrogen-bond acceptors (Lipinski definition) is 2. The summed E-state index contributed by atoms with van der Waals surface area (Å²) in [5.41, 5.74) is 0.491. The van der Waals surface area contributed by atoms with E-state index in [0.29, 0.717) is 10.2 Å². The van der Waals surface area contributed by atoms with E-state index in [0.717, 1.165) is 12.0 Å². The molecule has 0 aromatic rings. The summed E-state index contributed by atoms with van der Waals surface area (Å²) in [5.74, 6) is 0.914. The predicted molar refractivity (Wildman–Crippen MR) is 94.6 cm³/mol. The van der Waals surface area contributed by atoms with E-state index in [4.69, 9.17) is 0 Å². The Hall–Kier alpha value is 0.310. The van der Waals surface area contributed by atoms with Crippen molar-refractivity contribution in [2.45, 2.75) is 90.4 Å². The molecule has 0 amide bonds. The minimum atomic E-state index is 0.454. The first-order valence-electron chi connectivity index (χ1n) is 8.65. The molecule has 0 radical (unpaired) electrons. The van der Waals surface area contributed by atoms with E-state index >= 15 is 0 Å². The molecule has 0 bridgehead atoms. The quantitative estimate of drug-likeness (QED) is 0.651. The molecule has 0 aliphatic heterocycles. The van der Waals surface area contributed by atoms with Gasteiger partial charge in [0.15, 0.2) is 0 Å². The zero-order chi connectivity index (χ0) is 15.2. The SMILES string of the molecule is CCC(CC)(CNC1CCCC(C(C)(C)C)CC1)SC. The fourth-order valence-corrected chi connectivity index (χ4v) is 4.37. The van der Waals surface area contributed by atoms with Crippen molar-refractivity contribution in [1.29, 1.82) is 0 Å². The fraction of sp³-hybridized carbons (Fsp3) is 1.00. The molecule has 120 valence electrons. The maximum atomic E-state index is 3.91. The van der Waals surface area contributed by atoms with Crippen molar-refractivity contribution in [3.8, 4) is 0 Å². The molecule has 1 rings (SSSR count). The van der Waals surface area contributed by atoms with E-state index < -0.39 is 0 Å². The molecule has 20 heavy (non-hydrogen) atoms. The number of thioether (sulfide) groups is 1. The van der Waals surface area contributed by atoms with Crippen LogP contribution < -0.4 is 5.32 Å². The van der Waals surface area contributed by atoms with Crippen molar-refractivity contribution >= 4 is 11.8 Å². The van der Waals surface area contributed by atoms with Crippen molar-refractivity contribution in [3.63, 3.8) is 0 Å². The lowest BCUT2D eigenvalue weighted by molar-refractivity contribution is 0.213. The Morgan fingerprint density at radius 3 is 2.15 bits per heavy atom. The van der Waals surface area contributed by atoms with Gasteiger partial charge in [-0.05, 0) is 56.1 Å². The van der Waals surface area contributed by atoms with Crippen LogP contribution in [0.4, 0.5) is 0 Å². The van der Waals surface area contributed by atoms with Crippen molar-refractivity contribution < 1.29 is 0 Å². The van der Waals surface area contributed by atoms with Crippen LogP contribution in [0.25, 0.3) is 0 Å². The highest BCUT2D eigenvalue weighted by Gasteiger charge is 2.29. The van der Waals surface area contributed by atoms with E-state index in [9.17, 15) is 0 Å². The zero-order valence-electron chi connectivity index (χ0n) is 14.7. The standard InChI is InChI=1S/C18H37NS/c1-7-18(8-2,20-6)14-19-16-11-9-10-15(12-13-16)17(3,4)5/h15-16,19H,7-14H2,1-6H3. The molecule has 0 saturated heterocycles. The molecule has 0 heterocycles. The lowest BCUT2D eigenvalue weighted by Gasteiger charge is -2.32. The van der Waals surface area contributed by atoms with Gasteiger partial charge in [-0.15, -0.1) is 0 Å². The minimum absolute atomic E-state index is 0.454. The van der Waals surface area contributed by atoms with Gasteiger partial charge in [-0.25, -0.2) is 0 Å². The van der Waals surface area contributed by atoms with Crippen LogP contribution in [0.1, 0.15) is 79.6 Å². The van der Waals surface area contributed by atoms with Crippen molar-refractivity contribution in [3.05, 3.63) is 0 Å². The van der Waals surface area contributed by atoms with E-state index in [1.165, 1.54) is 51.5 Å². The summed E-state index contributed by atoms with van der Waals surface area (Å²) in [5, 5.41) is 3.91. The molecule has 1 saturated carbocycles.